The first kappa shape index (κ1) is 13.6. The van der Waals surface area contributed by atoms with Gasteiger partial charge in [0.25, 0.3) is 5.91 Å². The zero-order valence-electron chi connectivity index (χ0n) is 11.0. The molecule has 2 aromatic heterocycles. The molecule has 0 saturated heterocycles. The molecule has 0 unspecified atom stereocenters. The smallest absolute Gasteiger partial charge is 0.276 e. The zero-order valence-corrected chi connectivity index (χ0v) is 12.6. The summed E-state index contributed by atoms with van der Waals surface area (Å²) in [5.74, 6) is -0.235. The summed E-state index contributed by atoms with van der Waals surface area (Å²) in [6.45, 7) is 0.519. The van der Waals surface area contributed by atoms with E-state index in [1.165, 1.54) is 0 Å². The van der Waals surface area contributed by atoms with Gasteiger partial charge in [-0.25, -0.2) is 4.98 Å². The summed E-state index contributed by atoms with van der Waals surface area (Å²) >= 11 is 3.35. The van der Waals surface area contributed by atoms with E-state index in [1.54, 1.807) is 29.5 Å². The number of imidazole rings is 1. The second-order valence-corrected chi connectivity index (χ2v) is 5.34. The SMILES string of the molecule is O=C(Nc1ccc(Br)cc1)c1ccn(Cn2ccnc2)n1. The Bertz CT molecular complexity index is 733. The molecular formula is C14H12BrN5O. The lowest BCUT2D eigenvalue weighted by Crippen LogP contribution is -2.14. The quantitative estimate of drug-likeness (QED) is 0.790. The van der Waals surface area contributed by atoms with Crippen LogP contribution in [0.3, 0.4) is 0 Å². The molecule has 0 saturated carbocycles. The molecule has 0 aliphatic heterocycles. The molecular weight excluding hydrogens is 334 g/mol. The van der Waals surface area contributed by atoms with E-state index in [0.717, 1.165) is 10.2 Å². The van der Waals surface area contributed by atoms with Crippen LogP contribution in [0.4, 0.5) is 5.69 Å². The number of amides is 1. The zero-order chi connectivity index (χ0) is 14.7. The van der Waals surface area contributed by atoms with E-state index in [2.05, 4.69) is 31.3 Å². The summed E-state index contributed by atoms with van der Waals surface area (Å²) in [5.41, 5.74) is 1.10. The number of anilines is 1. The highest BCUT2D eigenvalue weighted by Gasteiger charge is 2.09. The van der Waals surface area contributed by atoms with Crippen molar-refractivity contribution in [1.29, 1.82) is 0 Å². The molecule has 6 nitrogen and oxygen atoms in total. The highest BCUT2D eigenvalue weighted by molar-refractivity contribution is 9.10. The van der Waals surface area contributed by atoms with Crippen LogP contribution in [0.2, 0.25) is 0 Å². The Labute approximate surface area is 129 Å². The highest BCUT2D eigenvalue weighted by atomic mass is 79.9. The maximum atomic E-state index is 12.1. The second-order valence-electron chi connectivity index (χ2n) is 4.42. The number of carbonyl (C=O) groups excluding carboxylic acids is 1. The van der Waals surface area contributed by atoms with E-state index >= 15 is 0 Å². The number of halogens is 1. The molecule has 1 N–H and O–H groups in total. The van der Waals surface area contributed by atoms with Gasteiger partial charge >= 0.3 is 0 Å². The monoisotopic (exact) mass is 345 g/mol. The summed E-state index contributed by atoms with van der Waals surface area (Å²) in [4.78, 5) is 16.1. The van der Waals surface area contributed by atoms with Crippen molar-refractivity contribution in [3.05, 3.63) is 65.4 Å². The van der Waals surface area contributed by atoms with Gasteiger partial charge in [0.1, 0.15) is 6.67 Å². The first-order valence-electron chi connectivity index (χ1n) is 6.27. The third kappa shape index (κ3) is 3.38. The molecule has 2 heterocycles. The first-order chi connectivity index (χ1) is 10.2. The summed E-state index contributed by atoms with van der Waals surface area (Å²) in [6, 6.07) is 9.07. The number of nitrogens with one attached hydrogen (secondary N) is 1. The number of nitrogens with zero attached hydrogens (tertiary/aromatic N) is 4. The van der Waals surface area contributed by atoms with Crippen molar-refractivity contribution in [3.63, 3.8) is 0 Å². The summed E-state index contributed by atoms with van der Waals surface area (Å²) in [6.07, 6.45) is 6.99. The molecule has 0 aliphatic rings. The van der Waals surface area contributed by atoms with Crippen LogP contribution in [0, 0.1) is 0 Å². The third-order valence-corrected chi connectivity index (χ3v) is 3.37. The van der Waals surface area contributed by atoms with Crippen LogP contribution in [-0.4, -0.2) is 25.2 Å². The van der Waals surface area contributed by atoms with Gasteiger partial charge in [-0.3, -0.25) is 9.48 Å². The van der Waals surface area contributed by atoms with Crippen LogP contribution in [0.1, 0.15) is 10.5 Å². The molecule has 0 aliphatic carbocycles. The maximum absolute atomic E-state index is 12.1. The fraction of sp³-hybridized carbons (Fsp3) is 0.0714. The molecule has 7 heteroatoms. The predicted molar refractivity (Wildman–Crippen MR) is 81.9 cm³/mol. The lowest BCUT2D eigenvalue weighted by atomic mass is 10.3. The Morgan fingerprint density at radius 3 is 2.71 bits per heavy atom. The van der Waals surface area contributed by atoms with E-state index in [9.17, 15) is 4.79 Å². The minimum absolute atomic E-state index is 0.235. The van der Waals surface area contributed by atoms with E-state index in [0.29, 0.717) is 12.4 Å². The highest BCUT2D eigenvalue weighted by Crippen LogP contribution is 2.14. The number of aromatic nitrogens is 4. The third-order valence-electron chi connectivity index (χ3n) is 2.84. The van der Waals surface area contributed by atoms with Gasteiger partial charge in [0.2, 0.25) is 0 Å². The lowest BCUT2D eigenvalue weighted by Gasteiger charge is -2.04. The normalized spacial score (nSPS) is 10.5. The number of benzene rings is 1. The number of hydrogen-bond donors (Lipinski definition) is 1. The molecule has 0 atom stereocenters. The van der Waals surface area contributed by atoms with Crippen LogP contribution in [0.25, 0.3) is 0 Å². The molecule has 0 fully saturated rings. The minimum atomic E-state index is -0.235. The Kier molecular flexibility index (Phi) is 3.83. The lowest BCUT2D eigenvalue weighted by molar-refractivity contribution is 0.102. The van der Waals surface area contributed by atoms with Gasteiger partial charge in [0.15, 0.2) is 5.69 Å². The van der Waals surface area contributed by atoms with Crippen molar-refractivity contribution < 1.29 is 4.79 Å². The molecule has 3 rings (SSSR count). The van der Waals surface area contributed by atoms with Crippen molar-refractivity contribution in [2.75, 3.05) is 5.32 Å². The first-order valence-corrected chi connectivity index (χ1v) is 7.06. The summed E-state index contributed by atoms with van der Waals surface area (Å²) < 4.78 is 4.51. The largest absolute Gasteiger partial charge is 0.321 e. The van der Waals surface area contributed by atoms with Crippen molar-refractivity contribution in [1.82, 2.24) is 19.3 Å². The van der Waals surface area contributed by atoms with E-state index in [-0.39, 0.29) is 5.91 Å². The molecule has 106 valence electrons. The Hall–Kier alpha value is -2.41. The number of hydrogen-bond acceptors (Lipinski definition) is 3. The van der Waals surface area contributed by atoms with Crippen LogP contribution in [0.5, 0.6) is 0 Å². The van der Waals surface area contributed by atoms with Crippen LogP contribution in [-0.2, 0) is 6.67 Å². The van der Waals surface area contributed by atoms with Crippen LogP contribution < -0.4 is 5.32 Å². The van der Waals surface area contributed by atoms with Gasteiger partial charge in [0, 0.05) is 28.8 Å². The van der Waals surface area contributed by atoms with Crippen molar-refractivity contribution in [3.8, 4) is 0 Å². The molecule has 0 radical (unpaired) electrons. The van der Waals surface area contributed by atoms with Gasteiger partial charge in [-0.2, -0.15) is 5.10 Å². The van der Waals surface area contributed by atoms with Gasteiger partial charge in [-0.05, 0) is 30.3 Å². The summed E-state index contributed by atoms with van der Waals surface area (Å²) in [5, 5.41) is 7.05. The molecule has 1 amide bonds. The van der Waals surface area contributed by atoms with Crippen molar-refractivity contribution in [2.24, 2.45) is 0 Å². The fourth-order valence-corrected chi connectivity index (χ4v) is 2.09. The molecule has 0 spiro atoms. The van der Waals surface area contributed by atoms with Gasteiger partial charge < -0.3 is 9.88 Å². The number of rotatable bonds is 4. The Morgan fingerprint density at radius 1 is 1.19 bits per heavy atom. The van der Waals surface area contributed by atoms with E-state index in [4.69, 9.17) is 0 Å². The topological polar surface area (TPSA) is 64.7 Å². The fourth-order valence-electron chi connectivity index (χ4n) is 1.83. The maximum Gasteiger partial charge on any atom is 0.276 e. The Morgan fingerprint density at radius 2 is 2.00 bits per heavy atom. The van der Waals surface area contributed by atoms with E-state index in [1.807, 2.05) is 35.0 Å². The standard InChI is InChI=1S/C14H12BrN5O/c15-11-1-3-12(4-2-11)17-14(21)13-5-7-20(18-13)10-19-8-6-16-9-19/h1-9H,10H2,(H,17,21). The minimum Gasteiger partial charge on any atom is -0.321 e. The summed E-state index contributed by atoms with van der Waals surface area (Å²) in [7, 11) is 0. The van der Waals surface area contributed by atoms with Crippen LogP contribution >= 0.6 is 15.9 Å². The average Bonchev–Trinajstić information content (AvgIpc) is 3.13. The molecule has 1 aromatic carbocycles. The van der Waals surface area contributed by atoms with E-state index < -0.39 is 0 Å². The molecule has 0 bridgehead atoms. The van der Waals surface area contributed by atoms with Gasteiger partial charge in [0.05, 0.1) is 6.33 Å². The van der Waals surface area contributed by atoms with Crippen molar-refractivity contribution >= 4 is 27.5 Å². The predicted octanol–water partition coefficient (Wildman–Crippen LogP) is 2.60. The molecule has 3 aromatic rings. The van der Waals surface area contributed by atoms with Crippen LogP contribution in [0.15, 0.2) is 59.7 Å². The van der Waals surface area contributed by atoms with Gasteiger partial charge in [-0.1, -0.05) is 15.9 Å². The average molecular weight is 346 g/mol. The number of carbonyl (C=O) groups is 1. The second kappa shape index (κ2) is 5.92. The molecule has 21 heavy (non-hydrogen) atoms. The van der Waals surface area contributed by atoms with Gasteiger partial charge in [-0.15, -0.1) is 0 Å². The Balaban J connectivity index is 1.67. The van der Waals surface area contributed by atoms with Crippen molar-refractivity contribution in [2.45, 2.75) is 6.67 Å².